The van der Waals surface area contributed by atoms with Crippen molar-refractivity contribution in [3.63, 3.8) is 0 Å². The number of aromatic nitrogens is 1. The van der Waals surface area contributed by atoms with Crippen molar-refractivity contribution in [2.24, 2.45) is 5.73 Å². The van der Waals surface area contributed by atoms with Gasteiger partial charge in [-0.15, -0.1) is 0 Å². The molecule has 3 heteroatoms. The van der Waals surface area contributed by atoms with Crippen molar-refractivity contribution in [3.8, 4) is 0 Å². The number of benzene rings is 1. The van der Waals surface area contributed by atoms with E-state index < -0.39 is 0 Å². The van der Waals surface area contributed by atoms with Crippen molar-refractivity contribution in [2.45, 2.75) is 32.7 Å². The zero-order valence-electron chi connectivity index (χ0n) is 11.4. The number of halogens is 1. The molecule has 100 valence electrons. The average molecular weight is 319 g/mol. The summed E-state index contributed by atoms with van der Waals surface area (Å²) in [6, 6.07) is 10.4. The fourth-order valence-electron chi connectivity index (χ4n) is 2.05. The third kappa shape index (κ3) is 3.64. The van der Waals surface area contributed by atoms with Crippen LogP contribution in [0.5, 0.6) is 0 Å². The molecule has 0 amide bonds. The first kappa shape index (κ1) is 14.2. The van der Waals surface area contributed by atoms with Gasteiger partial charge in [-0.25, -0.2) is 0 Å². The van der Waals surface area contributed by atoms with Crippen LogP contribution < -0.4 is 5.73 Å². The summed E-state index contributed by atoms with van der Waals surface area (Å²) in [5.74, 6) is 0. The zero-order chi connectivity index (χ0) is 13.8. The molecule has 1 aromatic heterocycles. The van der Waals surface area contributed by atoms with Gasteiger partial charge < -0.3 is 5.73 Å². The first-order valence-corrected chi connectivity index (χ1v) is 7.35. The van der Waals surface area contributed by atoms with Gasteiger partial charge in [-0.1, -0.05) is 41.1 Å². The number of nitrogens with zero attached hydrogens (tertiary/aromatic N) is 1. The molecule has 0 aliphatic rings. The maximum atomic E-state index is 6.28. The molecule has 0 aliphatic heterocycles. The van der Waals surface area contributed by atoms with Gasteiger partial charge in [0.1, 0.15) is 0 Å². The monoisotopic (exact) mass is 318 g/mol. The third-order valence-electron chi connectivity index (χ3n) is 3.28. The van der Waals surface area contributed by atoms with Crippen LogP contribution in [0.4, 0.5) is 0 Å². The quantitative estimate of drug-likeness (QED) is 0.926. The summed E-state index contributed by atoms with van der Waals surface area (Å²) in [6.45, 7) is 4.21. The van der Waals surface area contributed by atoms with E-state index in [4.69, 9.17) is 5.73 Å². The van der Waals surface area contributed by atoms with Gasteiger partial charge in [-0.3, -0.25) is 4.98 Å². The van der Waals surface area contributed by atoms with E-state index in [2.05, 4.69) is 65.1 Å². The highest BCUT2D eigenvalue weighted by molar-refractivity contribution is 9.10. The Morgan fingerprint density at radius 3 is 2.63 bits per heavy atom. The van der Waals surface area contributed by atoms with Crippen molar-refractivity contribution in [3.05, 3.63) is 63.4 Å². The van der Waals surface area contributed by atoms with E-state index in [1.807, 2.05) is 6.20 Å². The van der Waals surface area contributed by atoms with Crippen LogP contribution in [0, 0.1) is 6.92 Å². The van der Waals surface area contributed by atoms with Gasteiger partial charge in [0, 0.05) is 28.8 Å². The molecule has 0 radical (unpaired) electrons. The van der Waals surface area contributed by atoms with Crippen molar-refractivity contribution >= 4 is 15.9 Å². The van der Waals surface area contributed by atoms with E-state index in [9.17, 15) is 0 Å². The Hall–Kier alpha value is -1.19. The standard InChI is InChI=1S/C16H19BrN2/c1-3-12-5-6-13(19-10-12)9-16(18)14-7-4-11(2)8-15(14)17/h4-8,10,16H,3,9,18H2,1-2H3. The van der Waals surface area contributed by atoms with E-state index in [0.29, 0.717) is 0 Å². The lowest BCUT2D eigenvalue weighted by atomic mass is 10.0. The van der Waals surface area contributed by atoms with E-state index in [1.54, 1.807) is 0 Å². The third-order valence-corrected chi connectivity index (χ3v) is 3.97. The molecule has 0 saturated heterocycles. The molecule has 1 unspecified atom stereocenters. The molecule has 1 aromatic carbocycles. The second-order valence-corrected chi connectivity index (χ2v) is 5.70. The normalized spacial score (nSPS) is 12.4. The fraction of sp³-hybridized carbons (Fsp3) is 0.312. The minimum atomic E-state index is -0.0325. The van der Waals surface area contributed by atoms with Gasteiger partial charge in [0.15, 0.2) is 0 Å². The Bertz CT molecular complexity index is 549. The van der Waals surface area contributed by atoms with Crippen LogP contribution in [0.2, 0.25) is 0 Å². The van der Waals surface area contributed by atoms with Gasteiger partial charge >= 0.3 is 0 Å². The van der Waals surface area contributed by atoms with Crippen molar-refractivity contribution in [1.29, 1.82) is 0 Å². The zero-order valence-corrected chi connectivity index (χ0v) is 12.9. The van der Waals surface area contributed by atoms with Gasteiger partial charge in [-0.05, 0) is 42.2 Å². The number of pyridine rings is 1. The molecule has 0 fully saturated rings. The van der Waals surface area contributed by atoms with Gasteiger partial charge in [0.25, 0.3) is 0 Å². The topological polar surface area (TPSA) is 38.9 Å². The average Bonchev–Trinajstić information content (AvgIpc) is 2.39. The highest BCUT2D eigenvalue weighted by Gasteiger charge is 2.11. The molecule has 1 atom stereocenters. The maximum Gasteiger partial charge on any atom is 0.0422 e. The smallest absolute Gasteiger partial charge is 0.0422 e. The molecule has 2 N–H and O–H groups in total. The van der Waals surface area contributed by atoms with Crippen LogP contribution in [-0.4, -0.2) is 4.98 Å². The second kappa shape index (κ2) is 6.31. The van der Waals surface area contributed by atoms with Gasteiger partial charge in [-0.2, -0.15) is 0 Å². The van der Waals surface area contributed by atoms with E-state index in [1.165, 1.54) is 11.1 Å². The Balaban J connectivity index is 2.13. The van der Waals surface area contributed by atoms with Crippen LogP contribution in [-0.2, 0) is 12.8 Å². The van der Waals surface area contributed by atoms with E-state index >= 15 is 0 Å². The van der Waals surface area contributed by atoms with Crippen LogP contribution in [0.3, 0.4) is 0 Å². The van der Waals surface area contributed by atoms with Crippen molar-refractivity contribution in [1.82, 2.24) is 4.98 Å². The number of hydrogen-bond acceptors (Lipinski definition) is 2. The minimum Gasteiger partial charge on any atom is -0.324 e. The number of nitrogens with two attached hydrogens (primary N) is 1. The van der Waals surface area contributed by atoms with Crippen LogP contribution in [0.1, 0.15) is 35.3 Å². The second-order valence-electron chi connectivity index (χ2n) is 4.85. The van der Waals surface area contributed by atoms with Crippen LogP contribution >= 0.6 is 15.9 Å². The van der Waals surface area contributed by atoms with Gasteiger partial charge in [0.05, 0.1) is 0 Å². The Kier molecular flexibility index (Phi) is 4.72. The summed E-state index contributed by atoms with van der Waals surface area (Å²) in [4.78, 5) is 4.47. The Labute approximate surface area is 123 Å². The summed E-state index contributed by atoms with van der Waals surface area (Å²) in [7, 11) is 0. The lowest BCUT2D eigenvalue weighted by Crippen LogP contribution is -2.14. The SMILES string of the molecule is CCc1ccc(CC(N)c2ccc(C)cc2Br)nc1. The molecule has 0 saturated carbocycles. The predicted octanol–water partition coefficient (Wildman–Crippen LogP) is 3.96. The van der Waals surface area contributed by atoms with E-state index in [-0.39, 0.29) is 6.04 Å². The molecule has 0 aliphatic carbocycles. The molecule has 0 bridgehead atoms. The maximum absolute atomic E-state index is 6.28. The van der Waals surface area contributed by atoms with Crippen molar-refractivity contribution < 1.29 is 0 Å². The summed E-state index contributed by atoms with van der Waals surface area (Å²) < 4.78 is 1.07. The highest BCUT2D eigenvalue weighted by atomic mass is 79.9. The highest BCUT2D eigenvalue weighted by Crippen LogP contribution is 2.25. The van der Waals surface area contributed by atoms with Crippen LogP contribution in [0.15, 0.2) is 41.0 Å². The van der Waals surface area contributed by atoms with Crippen molar-refractivity contribution in [2.75, 3.05) is 0 Å². The predicted molar refractivity (Wildman–Crippen MR) is 83.1 cm³/mol. The molecule has 1 heterocycles. The minimum absolute atomic E-state index is 0.0325. The first-order chi connectivity index (χ1) is 9.10. The largest absolute Gasteiger partial charge is 0.324 e. The molecule has 2 aromatic rings. The molecule has 2 nitrogen and oxygen atoms in total. The summed E-state index contributed by atoms with van der Waals surface area (Å²) in [6.07, 6.45) is 3.71. The number of aryl methyl sites for hydroxylation is 2. The fourth-order valence-corrected chi connectivity index (χ4v) is 2.84. The summed E-state index contributed by atoms with van der Waals surface area (Å²) in [5, 5.41) is 0. The summed E-state index contributed by atoms with van der Waals surface area (Å²) >= 11 is 3.58. The lowest BCUT2D eigenvalue weighted by molar-refractivity contribution is 0.702. The first-order valence-electron chi connectivity index (χ1n) is 6.55. The molecule has 19 heavy (non-hydrogen) atoms. The Morgan fingerprint density at radius 2 is 2.05 bits per heavy atom. The Morgan fingerprint density at radius 1 is 1.26 bits per heavy atom. The molecular weight excluding hydrogens is 300 g/mol. The van der Waals surface area contributed by atoms with E-state index in [0.717, 1.165) is 28.6 Å². The number of rotatable bonds is 4. The van der Waals surface area contributed by atoms with Crippen LogP contribution in [0.25, 0.3) is 0 Å². The molecule has 0 spiro atoms. The number of hydrogen-bond donors (Lipinski definition) is 1. The van der Waals surface area contributed by atoms with Gasteiger partial charge in [0.2, 0.25) is 0 Å². The lowest BCUT2D eigenvalue weighted by Gasteiger charge is -2.14. The molecule has 2 rings (SSSR count). The summed E-state index contributed by atoms with van der Waals surface area (Å²) in [5.41, 5.74) is 10.9. The molecular formula is C16H19BrN2.